The summed E-state index contributed by atoms with van der Waals surface area (Å²) >= 11 is 0. The third-order valence-electron chi connectivity index (χ3n) is 4.06. The minimum atomic E-state index is -0.874. The topological polar surface area (TPSA) is 73.4 Å². The molecule has 5 nitrogen and oxygen atoms in total. The highest BCUT2D eigenvalue weighted by Gasteiger charge is 2.28. The molecule has 0 spiro atoms. The van der Waals surface area contributed by atoms with Crippen molar-refractivity contribution in [3.05, 3.63) is 35.5 Å². The van der Waals surface area contributed by atoms with E-state index in [0.717, 1.165) is 29.3 Å². The Bertz CT molecular complexity index is 716. The Morgan fingerprint density at radius 2 is 2.09 bits per heavy atom. The number of fused-ring (bicyclic) bond motifs is 1. The zero-order chi connectivity index (χ0) is 15.7. The second-order valence-electron chi connectivity index (χ2n) is 6.11. The molecule has 1 fully saturated rings. The molecular formula is C17H20N2O3. The van der Waals surface area contributed by atoms with Crippen LogP contribution in [0.15, 0.2) is 24.3 Å². The lowest BCUT2D eigenvalue weighted by atomic mass is 10.2. The summed E-state index contributed by atoms with van der Waals surface area (Å²) in [6, 6.07) is 7.85. The van der Waals surface area contributed by atoms with Crippen molar-refractivity contribution in [2.24, 2.45) is 5.92 Å². The second kappa shape index (κ2) is 5.83. The van der Waals surface area contributed by atoms with Gasteiger partial charge in [0.05, 0.1) is 6.42 Å². The van der Waals surface area contributed by atoms with E-state index in [-0.39, 0.29) is 18.9 Å². The summed E-state index contributed by atoms with van der Waals surface area (Å²) in [5.41, 5.74) is 2.61. The highest BCUT2D eigenvalue weighted by atomic mass is 16.4. The zero-order valence-corrected chi connectivity index (χ0v) is 12.6. The maximum Gasteiger partial charge on any atom is 0.305 e. The molecule has 1 aromatic carbocycles. The third kappa shape index (κ3) is 3.30. The normalized spacial score (nSPS) is 14.2. The van der Waals surface area contributed by atoms with Crippen LogP contribution in [0.25, 0.3) is 10.9 Å². The number of carboxylic acid groups (broad SMARTS) is 1. The van der Waals surface area contributed by atoms with Crippen molar-refractivity contribution in [2.45, 2.75) is 26.2 Å². The summed E-state index contributed by atoms with van der Waals surface area (Å²) in [6.07, 6.45) is 2.24. The number of carbonyl (C=O) groups is 2. The van der Waals surface area contributed by atoms with Crippen LogP contribution in [-0.2, 0) is 4.79 Å². The molecule has 1 amide bonds. The zero-order valence-electron chi connectivity index (χ0n) is 12.6. The first-order valence-corrected chi connectivity index (χ1v) is 7.63. The Kier molecular flexibility index (Phi) is 3.88. The Labute approximate surface area is 128 Å². The summed E-state index contributed by atoms with van der Waals surface area (Å²) in [5, 5.41) is 9.87. The van der Waals surface area contributed by atoms with Crippen molar-refractivity contribution in [1.82, 2.24) is 9.88 Å². The average molecular weight is 300 g/mol. The molecule has 116 valence electrons. The number of aliphatic carboxylic acids is 1. The summed E-state index contributed by atoms with van der Waals surface area (Å²) in [6.45, 7) is 2.93. The predicted molar refractivity (Wildman–Crippen MR) is 83.9 cm³/mol. The van der Waals surface area contributed by atoms with Crippen LogP contribution in [0.3, 0.4) is 0 Å². The largest absolute Gasteiger partial charge is 0.481 e. The van der Waals surface area contributed by atoms with Crippen LogP contribution < -0.4 is 0 Å². The molecule has 0 atom stereocenters. The van der Waals surface area contributed by atoms with E-state index in [1.165, 1.54) is 0 Å². The van der Waals surface area contributed by atoms with E-state index in [2.05, 4.69) is 4.98 Å². The Morgan fingerprint density at radius 1 is 1.32 bits per heavy atom. The van der Waals surface area contributed by atoms with Gasteiger partial charge in [-0.05, 0) is 43.9 Å². The van der Waals surface area contributed by atoms with E-state index in [1.54, 1.807) is 4.90 Å². The van der Waals surface area contributed by atoms with Crippen LogP contribution in [0.4, 0.5) is 0 Å². The highest BCUT2D eigenvalue weighted by molar-refractivity contribution is 5.98. The molecular weight excluding hydrogens is 280 g/mol. The Hall–Kier alpha value is -2.30. The van der Waals surface area contributed by atoms with Gasteiger partial charge in [-0.1, -0.05) is 11.6 Å². The standard InChI is InChI=1S/C17H20N2O3/c1-11-2-5-14-13(8-11)9-15(18-14)17(22)19(7-6-16(20)21)10-12-3-4-12/h2,5,8-9,12,18H,3-4,6-7,10H2,1H3,(H,20,21). The van der Waals surface area contributed by atoms with Gasteiger partial charge in [0.15, 0.2) is 0 Å². The van der Waals surface area contributed by atoms with Crippen LogP contribution in [0.1, 0.15) is 35.3 Å². The van der Waals surface area contributed by atoms with Gasteiger partial charge in [-0.25, -0.2) is 0 Å². The second-order valence-corrected chi connectivity index (χ2v) is 6.11. The number of carbonyl (C=O) groups excluding carboxylic acids is 1. The molecule has 5 heteroatoms. The van der Waals surface area contributed by atoms with E-state index in [9.17, 15) is 9.59 Å². The fourth-order valence-corrected chi connectivity index (χ4v) is 2.66. The molecule has 1 aliphatic rings. The SMILES string of the molecule is Cc1ccc2[nH]c(C(=O)N(CCC(=O)O)CC3CC3)cc2c1. The number of nitrogens with zero attached hydrogens (tertiary/aromatic N) is 1. The first kappa shape index (κ1) is 14.6. The number of amides is 1. The minimum absolute atomic E-state index is 0.0161. The molecule has 2 N–H and O–H groups in total. The van der Waals surface area contributed by atoms with Crippen molar-refractivity contribution >= 4 is 22.8 Å². The van der Waals surface area contributed by atoms with Crippen LogP contribution in [0.5, 0.6) is 0 Å². The molecule has 0 saturated heterocycles. The molecule has 22 heavy (non-hydrogen) atoms. The first-order valence-electron chi connectivity index (χ1n) is 7.63. The fourth-order valence-electron chi connectivity index (χ4n) is 2.66. The summed E-state index contributed by atoms with van der Waals surface area (Å²) in [4.78, 5) is 28.3. The maximum atomic E-state index is 12.7. The van der Waals surface area contributed by atoms with Crippen molar-refractivity contribution < 1.29 is 14.7 Å². The van der Waals surface area contributed by atoms with Crippen LogP contribution >= 0.6 is 0 Å². The van der Waals surface area contributed by atoms with Gasteiger partial charge in [0.2, 0.25) is 0 Å². The van der Waals surface area contributed by atoms with Gasteiger partial charge in [-0.3, -0.25) is 9.59 Å². The summed E-state index contributed by atoms with van der Waals surface area (Å²) < 4.78 is 0. The minimum Gasteiger partial charge on any atom is -0.481 e. The van der Waals surface area contributed by atoms with E-state index < -0.39 is 5.97 Å². The summed E-state index contributed by atoms with van der Waals surface area (Å²) in [7, 11) is 0. The molecule has 3 rings (SSSR count). The molecule has 0 bridgehead atoms. The van der Waals surface area contributed by atoms with Crippen molar-refractivity contribution in [3.63, 3.8) is 0 Å². The Morgan fingerprint density at radius 3 is 2.77 bits per heavy atom. The van der Waals surface area contributed by atoms with Gasteiger partial charge < -0.3 is 15.0 Å². The number of H-pyrrole nitrogens is 1. The number of carboxylic acids is 1. The highest BCUT2D eigenvalue weighted by Crippen LogP contribution is 2.30. The lowest BCUT2D eigenvalue weighted by Gasteiger charge is -2.21. The first-order chi connectivity index (χ1) is 10.5. The molecule has 0 unspecified atom stereocenters. The molecule has 1 heterocycles. The van der Waals surface area contributed by atoms with E-state index in [0.29, 0.717) is 18.2 Å². The number of aryl methyl sites for hydroxylation is 1. The number of aromatic nitrogens is 1. The maximum absolute atomic E-state index is 12.7. The van der Waals surface area contributed by atoms with Gasteiger partial charge in [0.1, 0.15) is 5.69 Å². The number of nitrogens with one attached hydrogen (secondary N) is 1. The number of hydrogen-bond donors (Lipinski definition) is 2. The number of hydrogen-bond acceptors (Lipinski definition) is 2. The van der Waals surface area contributed by atoms with Gasteiger partial charge in [0.25, 0.3) is 5.91 Å². The number of benzene rings is 1. The molecule has 2 aromatic rings. The van der Waals surface area contributed by atoms with E-state index in [1.807, 2.05) is 31.2 Å². The van der Waals surface area contributed by atoms with Gasteiger partial charge >= 0.3 is 5.97 Å². The Balaban J connectivity index is 1.81. The fraction of sp³-hybridized carbons (Fsp3) is 0.412. The molecule has 1 aliphatic carbocycles. The van der Waals surface area contributed by atoms with Crippen molar-refractivity contribution in [1.29, 1.82) is 0 Å². The van der Waals surface area contributed by atoms with Crippen LogP contribution in [0.2, 0.25) is 0 Å². The third-order valence-corrected chi connectivity index (χ3v) is 4.06. The van der Waals surface area contributed by atoms with Crippen molar-refractivity contribution in [2.75, 3.05) is 13.1 Å². The molecule has 1 saturated carbocycles. The van der Waals surface area contributed by atoms with E-state index in [4.69, 9.17) is 5.11 Å². The van der Waals surface area contributed by atoms with Gasteiger partial charge in [-0.2, -0.15) is 0 Å². The average Bonchev–Trinajstić information content (AvgIpc) is 3.19. The van der Waals surface area contributed by atoms with Gasteiger partial charge in [-0.15, -0.1) is 0 Å². The van der Waals surface area contributed by atoms with Crippen LogP contribution in [0, 0.1) is 12.8 Å². The van der Waals surface area contributed by atoms with Crippen molar-refractivity contribution in [3.8, 4) is 0 Å². The molecule has 0 aliphatic heterocycles. The monoisotopic (exact) mass is 300 g/mol. The lowest BCUT2D eigenvalue weighted by molar-refractivity contribution is -0.137. The lowest BCUT2D eigenvalue weighted by Crippen LogP contribution is -2.35. The number of aromatic amines is 1. The quantitative estimate of drug-likeness (QED) is 0.861. The van der Waals surface area contributed by atoms with Crippen LogP contribution in [-0.4, -0.2) is 40.0 Å². The number of rotatable bonds is 6. The molecule has 0 radical (unpaired) electrons. The van der Waals surface area contributed by atoms with Gasteiger partial charge in [0, 0.05) is 24.0 Å². The summed E-state index contributed by atoms with van der Waals surface area (Å²) in [5.74, 6) is -0.452. The predicted octanol–water partition coefficient (Wildman–Crippen LogP) is 2.80. The smallest absolute Gasteiger partial charge is 0.305 e. The molecule has 1 aromatic heterocycles. The van der Waals surface area contributed by atoms with E-state index >= 15 is 0 Å².